The standard InChI is InChI=1S/C16H22O4/c1-5-16(6-2,14(17)19-7-3)15(18)20-13-10-8-9-12(4)11-13/h8-11H,5-7H2,1-4H3. The molecule has 0 aliphatic carbocycles. The van der Waals surface area contributed by atoms with E-state index in [1.54, 1.807) is 32.9 Å². The molecule has 0 aromatic heterocycles. The molecule has 0 saturated carbocycles. The van der Waals surface area contributed by atoms with Gasteiger partial charge in [0.2, 0.25) is 0 Å². The Morgan fingerprint density at radius 3 is 2.25 bits per heavy atom. The van der Waals surface area contributed by atoms with Crippen molar-refractivity contribution in [3.8, 4) is 5.75 Å². The first-order valence-corrected chi connectivity index (χ1v) is 6.96. The Morgan fingerprint density at radius 1 is 1.10 bits per heavy atom. The van der Waals surface area contributed by atoms with Crippen molar-refractivity contribution in [1.29, 1.82) is 0 Å². The molecule has 0 atom stereocenters. The second kappa shape index (κ2) is 7.08. The third kappa shape index (κ3) is 3.38. The van der Waals surface area contributed by atoms with Crippen molar-refractivity contribution < 1.29 is 19.1 Å². The van der Waals surface area contributed by atoms with Crippen LogP contribution in [0.1, 0.15) is 39.2 Å². The maximum Gasteiger partial charge on any atom is 0.328 e. The van der Waals surface area contributed by atoms with Crippen LogP contribution in [0.15, 0.2) is 24.3 Å². The van der Waals surface area contributed by atoms with Gasteiger partial charge >= 0.3 is 11.9 Å². The number of rotatable bonds is 6. The Hall–Kier alpha value is -1.84. The Balaban J connectivity index is 2.97. The molecular formula is C16H22O4. The van der Waals surface area contributed by atoms with E-state index in [-0.39, 0.29) is 6.61 Å². The lowest BCUT2D eigenvalue weighted by molar-refractivity contribution is -0.167. The molecule has 4 heteroatoms. The fraction of sp³-hybridized carbons (Fsp3) is 0.500. The van der Waals surface area contributed by atoms with Crippen molar-refractivity contribution in [3.05, 3.63) is 29.8 Å². The second-order valence-corrected chi connectivity index (χ2v) is 4.72. The molecule has 110 valence electrons. The van der Waals surface area contributed by atoms with Gasteiger partial charge in [-0.25, -0.2) is 0 Å². The highest BCUT2D eigenvalue weighted by Crippen LogP contribution is 2.31. The maximum atomic E-state index is 12.4. The van der Waals surface area contributed by atoms with Gasteiger partial charge in [0, 0.05) is 0 Å². The summed E-state index contributed by atoms with van der Waals surface area (Å²) in [5.74, 6) is -0.611. The normalized spacial score (nSPS) is 11.0. The van der Waals surface area contributed by atoms with Crippen molar-refractivity contribution in [2.45, 2.75) is 40.5 Å². The van der Waals surface area contributed by atoms with E-state index in [9.17, 15) is 9.59 Å². The third-order valence-electron chi connectivity index (χ3n) is 3.46. The van der Waals surface area contributed by atoms with Crippen molar-refractivity contribution in [3.63, 3.8) is 0 Å². The Labute approximate surface area is 120 Å². The fourth-order valence-electron chi connectivity index (χ4n) is 2.06. The molecule has 4 nitrogen and oxygen atoms in total. The molecule has 0 saturated heterocycles. The van der Waals surface area contributed by atoms with Crippen LogP contribution in [0.3, 0.4) is 0 Å². The Morgan fingerprint density at radius 2 is 1.75 bits per heavy atom. The Kier molecular flexibility index (Phi) is 5.74. The molecule has 0 aliphatic rings. The highest BCUT2D eigenvalue weighted by atomic mass is 16.6. The van der Waals surface area contributed by atoms with Gasteiger partial charge in [0.05, 0.1) is 6.61 Å². The zero-order chi connectivity index (χ0) is 15.2. The van der Waals surface area contributed by atoms with Crippen LogP contribution >= 0.6 is 0 Å². The molecule has 0 N–H and O–H groups in total. The quantitative estimate of drug-likeness (QED) is 0.455. The summed E-state index contributed by atoms with van der Waals surface area (Å²) in [6, 6.07) is 7.18. The molecule has 1 aromatic rings. The summed E-state index contributed by atoms with van der Waals surface area (Å²) in [6.45, 7) is 7.46. The number of benzene rings is 1. The van der Waals surface area contributed by atoms with E-state index >= 15 is 0 Å². The average Bonchev–Trinajstić information content (AvgIpc) is 2.41. The second-order valence-electron chi connectivity index (χ2n) is 4.72. The minimum absolute atomic E-state index is 0.248. The largest absolute Gasteiger partial charge is 0.465 e. The van der Waals surface area contributed by atoms with Gasteiger partial charge in [-0.15, -0.1) is 0 Å². The zero-order valence-electron chi connectivity index (χ0n) is 12.6. The molecule has 0 fully saturated rings. The average molecular weight is 278 g/mol. The molecule has 0 radical (unpaired) electrons. The first kappa shape index (κ1) is 16.2. The van der Waals surface area contributed by atoms with Crippen molar-refractivity contribution in [2.24, 2.45) is 5.41 Å². The Bertz CT molecular complexity index is 475. The molecule has 20 heavy (non-hydrogen) atoms. The summed E-state index contributed by atoms with van der Waals surface area (Å²) in [5.41, 5.74) is -0.232. The first-order chi connectivity index (χ1) is 9.50. The number of hydrogen-bond acceptors (Lipinski definition) is 4. The molecule has 0 heterocycles. The van der Waals surface area contributed by atoms with Gasteiger partial charge < -0.3 is 9.47 Å². The summed E-state index contributed by atoms with van der Waals surface area (Å²) in [7, 11) is 0. The van der Waals surface area contributed by atoms with Crippen LogP contribution in [-0.4, -0.2) is 18.5 Å². The first-order valence-electron chi connectivity index (χ1n) is 6.96. The van der Waals surface area contributed by atoms with Crippen molar-refractivity contribution >= 4 is 11.9 Å². The molecule has 0 bridgehead atoms. The minimum Gasteiger partial charge on any atom is -0.465 e. The van der Waals surface area contributed by atoms with Gasteiger partial charge in [-0.3, -0.25) is 9.59 Å². The monoisotopic (exact) mass is 278 g/mol. The topological polar surface area (TPSA) is 52.6 Å². The lowest BCUT2D eigenvalue weighted by atomic mass is 9.82. The van der Waals surface area contributed by atoms with Gasteiger partial charge in [0.1, 0.15) is 5.75 Å². The van der Waals surface area contributed by atoms with Crippen LogP contribution in [0, 0.1) is 12.3 Å². The SMILES string of the molecule is CCOC(=O)C(CC)(CC)C(=O)Oc1cccc(C)c1. The number of carbonyl (C=O) groups excluding carboxylic acids is 2. The van der Waals surface area contributed by atoms with E-state index in [1.165, 1.54) is 0 Å². The predicted molar refractivity (Wildman–Crippen MR) is 76.5 cm³/mol. The molecule has 1 aromatic carbocycles. The predicted octanol–water partition coefficient (Wildman–Crippen LogP) is 3.27. The van der Waals surface area contributed by atoms with Crippen molar-refractivity contribution in [2.75, 3.05) is 6.61 Å². The zero-order valence-corrected chi connectivity index (χ0v) is 12.6. The highest BCUT2D eigenvalue weighted by molar-refractivity contribution is 6.00. The molecular weight excluding hydrogens is 256 g/mol. The van der Waals surface area contributed by atoms with Crippen LogP contribution < -0.4 is 4.74 Å². The van der Waals surface area contributed by atoms with E-state index in [0.29, 0.717) is 18.6 Å². The summed E-state index contributed by atoms with van der Waals surface area (Å²) in [5, 5.41) is 0. The summed E-state index contributed by atoms with van der Waals surface area (Å²) in [6.07, 6.45) is 0.708. The lowest BCUT2D eigenvalue weighted by Gasteiger charge is -2.26. The maximum absolute atomic E-state index is 12.4. The molecule has 1 rings (SSSR count). The summed E-state index contributed by atoms with van der Waals surface area (Å²) in [4.78, 5) is 24.5. The fourth-order valence-corrected chi connectivity index (χ4v) is 2.06. The van der Waals surface area contributed by atoms with E-state index in [1.807, 2.05) is 19.1 Å². The van der Waals surface area contributed by atoms with Crippen LogP contribution in [0.4, 0.5) is 0 Å². The lowest BCUT2D eigenvalue weighted by Crippen LogP contribution is -2.42. The van der Waals surface area contributed by atoms with Crippen LogP contribution in [0.25, 0.3) is 0 Å². The van der Waals surface area contributed by atoms with Gasteiger partial charge in [-0.1, -0.05) is 26.0 Å². The molecule has 0 aliphatic heterocycles. The van der Waals surface area contributed by atoms with Crippen molar-refractivity contribution in [1.82, 2.24) is 0 Å². The van der Waals surface area contributed by atoms with E-state index in [0.717, 1.165) is 5.56 Å². The summed E-state index contributed by atoms with van der Waals surface area (Å²) >= 11 is 0. The van der Waals surface area contributed by atoms with Gasteiger partial charge in [0.15, 0.2) is 5.41 Å². The van der Waals surface area contributed by atoms with E-state index < -0.39 is 17.4 Å². The molecule has 0 spiro atoms. The molecule has 0 amide bonds. The van der Waals surface area contributed by atoms with E-state index in [2.05, 4.69) is 0 Å². The van der Waals surface area contributed by atoms with Crippen LogP contribution in [0.5, 0.6) is 5.75 Å². The van der Waals surface area contributed by atoms with Gasteiger partial charge in [0.25, 0.3) is 0 Å². The van der Waals surface area contributed by atoms with E-state index in [4.69, 9.17) is 9.47 Å². The minimum atomic E-state index is -1.22. The van der Waals surface area contributed by atoms with Gasteiger partial charge in [-0.2, -0.15) is 0 Å². The van der Waals surface area contributed by atoms with Gasteiger partial charge in [-0.05, 0) is 44.4 Å². The van der Waals surface area contributed by atoms with Crippen LogP contribution in [0.2, 0.25) is 0 Å². The highest BCUT2D eigenvalue weighted by Gasteiger charge is 2.46. The number of ether oxygens (including phenoxy) is 2. The number of hydrogen-bond donors (Lipinski definition) is 0. The number of esters is 2. The number of carbonyl (C=O) groups is 2. The van der Waals surface area contributed by atoms with Crippen LogP contribution in [-0.2, 0) is 14.3 Å². The smallest absolute Gasteiger partial charge is 0.328 e. The summed E-state index contributed by atoms with van der Waals surface area (Å²) < 4.78 is 10.4. The molecule has 0 unspecified atom stereocenters. The number of aryl methyl sites for hydroxylation is 1. The third-order valence-corrected chi connectivity index (χ3v) is 3.46.